The van der Waals surface area contributed by atoms with Crippen molar-refractivity contribution in [3.05, 3.63) is 71.0 Å². The zero-order chi connectivity index (χ0) is 16.6. The molecule has 0 saturated heterocycles. The highest BCUT2D eigenvalue weighted by molar-refractivity contribution is 5.65. The molecule has 0 fully saturated rings. The molecule has 3 aromatic rings. The molecule has 0 radical (unpaired) electrons. The van der Waals surface area contributed by atoms with E-state index in [4.69, 9.17) is 0 Å². The van der Waals surface area contributed by atoms with Crippen molar-refractivity contribution in [1.82, 2.24) is 9.55 Å². The summed E-state index contributed by atoms with van der Waals surface area (Å²) in [6, 6.07) is 13.0. The normalized spacial score (nSPS) is 11.2. The Kier molecular flexibility index (Phi) is 4.08. The van der Waals surface area contributed by atoms with Gasteiger partial charge in [0.1, 0.15) is 5.82 Å². The molecule has 1 aromatic heterocycles. The quantitative estimate of drug-likeness (QED) is 0.617. The van der Waals surface area contributed by atoms with Crippen molar-refractivity contribution in [1.29, 1.82) is 0 Å². The Bertz CT molecular complexity index is 818. The smallest absolute Gasteiger partial charge is 0.144 e. The molecule has 23 heavy (non-hydrogen) atoms. The summed E-state index contributed by atoms with van der Waals surface area (Å²) in [4.78, 5) is 4.67. The van der Waals surface area contributed by atoms with Gasteiger partial charge in [0, 0.05) is 18.0 Å². The summed E-state index contributed by atoms with van der Waals surface area (Å²) in [6.45, 7) is 11.0. The molecule has 0 unspecified atom stereocenters. The van der Waals surface area contributed by atoms with Crippen LogP contribution in [0.4, 0.5) is 0 Å². The topological polar surface area (TPSA) is 17.8 Å². The summed E-state index contributed by atoms with van der Waals surface area (Å²) in [7, 11) is 0. The Morgan fingerprint density at radius 1 is 0.957 bits per heavy atom. The fourth-order valence-electron chi connectivity index (χ4n) is 3.44. The number of imidazole rings is 1. The first-order chi connectivity index (χ1) is 11.0. The Morgan fingerprint density at radius 3 is 2.26 bits per heavy atom. The van der Waals surface area contributed by atoms with Crippen LogP contribution in [0.2, 0.25) is 0 Å². The first-order valence-corrected chi connectivity index (χ1v) is 8.20. The van der Waals surface area contributed by atoms with Gasteiger partial charge >= 0.3 is 0 Å². The van der Waals surface area contributed by atoms with Gasteiger partial charge in [-0.2, -0.15) is 0 Å². The second kappa shape index (κ2) is 6.04. The Hall–Kier alpha value is -2.35. The van der Waals surface area contributed by atoms with Gasteiger partial charge in [0.15, 0.2) is 0 Å². The number of hydrogen-bond donors (Lipinski definition) is 0. The molecule has 0 spiro atoms. The molecule has 0 amide bonds. The van der Waals surface area contributed by atoms with Crippen LogP contribution >= 0.6 is 0 Å². The predicted octanol–water partition coefficient (Wildman–Crippen LogP) is 5.59. The number of benzene rings is 2. The zero-order valence-electron chi connectivity index (χ0n) is 14.6. The third-order valence-corrected chi connectivity index (χ3v) is 4.34. The summed E-state index contributed by atoms with van der Waals surface area (Å²) < 4.78 is 2.23. The van der Waals surface area contributed by atoms with Gasteiger partial charge in [0.25, 0.3) is 0 Å². The van der Waals surface area contributed by atoms with Crippen LogP contribution in [0.5, 0.6) is 0 Å². The molecule has 0 bridgehead atoms. The summed E-state index contributed by atoms with van der Waals surface area (Å²) in [5.74, 6) is 1.49. The molecule has 0 N–H and O–H groups in total. The van der Waals surface area contributed by atoms with Crippen molar-refractivity contribution in [3.63, 3.8) is 0 Å². The fraction of sp³-hybridized carbons (Fsp3) is 0.286. The van der Waals surface area contributed by atoms with E-state index in [1.165, 1.54) is 33.5 Å². The van der Waals surface area contributed by atoms with Crippen molar-refractivity contribution in [2.75, 3.05) is 0 Å². The summed E-state index contributed by atoms with van der Waals surface area (Å²) in [5.41, 5.74) is 7.65. The lowest BCUT2D eigenvalue weighted by molar-refractivity contribution is 0.864. The molecule has 118 valence electrons. The van der Waals surface area contributed by atoms with E-state index in [2.05, 4.69) is 86.8 Å². The van der Waals surface area contributed by atoms with E-state index < -0.39 is 0 Å². The maximum Gasteiger partial charge on any atom is 0.144 e. The van der Waals surface area contributed by atoms with E-state index >= 15 is 0 Å². The van der Waals surface area contributed by atoms with Gasteiger partial charge in [0.05, 0.1) is 5.69 Å². The molecule has 0 aliphatic heterocycles. The van der Waals surface area contributed by atoms with Crippen LogP contribution in [-0.2, 0) is 0 Å². The number of nitrogens with zero attached hydrogens (tertiary/aromatic N) is 2. The van der Waals surface area contributed by atoms with Gasteiger partial charge in [0.2, 0.25) is 0 Å². The largest absolute Gasteiger partial charge is 0.299 e. The molecule has 2 aromatic carbocycles. The van der Waals surface area contributed by atoms with Gasteiger partial charge in [-0.05, 0) is 43.4 Å². The second-order valence-corrected chi connectivity index (χ2v) is 6.61. The molecule has 0 atom stereocenters. The molecule has 2 nitrogen and oxygen atoms in total. The van der Waals surface area contributed by atoms with E-state index in [0.29, 0.717) is 5.92 Å². The highest BCUT2D eigenvalue weighted by Gasteiger charge is 2.16. The van der Waals surface area contributed by atoms with Gasteiger partial charge in [-0.1, -0.05) is 55.8 Å². The first kappa shape index (κ1) is 15.5. The van der Waals surface area contributed by atoms with Gasteiger partial charge in [-0.3, -0.25) is 4.57 Å². The zero-order valence-corrected chi connectivity index (χ0v) is 14.6. The van der Waals surface area contributed by atoms with E-state index in [0.717, 1.165) is 5.82 Å². The van der Waals surface area contributed by atoms with Crippen molar-refractivity contribution in [2.24, 2.45) is 0 Å². The summed E-state index contributed by atoms with van der Waals surface area (Å²) >= 11 is 0. The number of hydrogen-bond acceptors (Lipinski definition) is 1. The predicted molar refractivity (Wildman–Crippen MR) is 97.3 cm³/mol. The molecule has 1 heterocycles. The van der Waals surface area contributed by atoms with Crippen LogP contribution in [0.3, 0.4) is 0 Å². The monoisotopic (exact) mass is 304 g/mol. The minimum atomic E-state index is 0.469. The molecule has 2 heteroatoms. The highest BCUT2D eigenvalue weighted by Crippen LogP contribution is 2.31. The maximum atomic E-state index is 4.67. The number of rotatable bonds is 3. The van der Waals surface area contributed by atoms with Crippen LogP contribution in [0, 0.1) is 20.8 Å². The fourth-order valence-corrected chi connectivity index (χ4v) is 3.44. The maximum absolute atomic E-state index is 4.67. The molecule has 0 aliphatic rings. The Balaban J connectivity index is 2.23. The van der Waals surface area contributed by atoms with Crippen LogP contribution in [0.15, 0.2) is 48.8 Å². The average Bonchev–Trinajstić information content (AvgIpc) is 2.95. The lowest BCUT2D eigenvalue weighted by Gasteiger charge is -2.17. The van der Waals surface area contributed by atoms with Gasteiger partial charge < -0.3 is 0 Å². The molecular weight excluding hydrogens is 280 g/mol. The highest BCUT2D eigenvalue weighted by atomic mass is 15.1. The summed E-state index contributed by atoms with van der Waals surface area (Å²) in [5, 5.41) is 0. The molecule has 0 aliphatic carbocycles. The van der Waals surface area contributed by atoms with Gasteiger partial charge in [-0.25, -0.2) is 4.98 Å². The van der Waals surface area contributed by atoms with Crippen molar-refractivity contribution in [2.45, 2.75) is 40.5 Å². The Morgan fingerprint density at radius 2 is 1.61 bits per heavy atom. The Labute approximate surface area is 138 Å². The van der Waals surface area contributed by atoms with Crippen LogP contribution in [0.1, 0.15) is 42.0 Å². The third-order valence-electron chi connectivity index (χ3n) is 4.34. The van der Waals surface area contributed by atoms with Crippen LogP contribution < -0.4 is 0 Å². The standard InChI is InChI=1S/C21H24N2/c1-14(2)18-8-6-7-9-19(18)21-22-10-11-23(21)20-16(4)12-15(3)13-17(20)5/h6-14H,1-5H3. The number of aryl methyl sites for hydroxylation is 3. The SMILES string of the molecule is Cc1cc(C)c(-n2ccnc2-c2ccccc2C(C)C)c(C)c1. The lowest BCUT2D eigenvalue weighted by Crippen LogP contribution is -2.04. The van der Waals surface area contributed by atoms with Crippen molar-refractivity contribution < 1.29 is 0 Å². The van der Waals surface area contributed by atoms with Crippen LogP contribution in [-0.4, -0.2) is 9.55 Å². The van der Waals surface area contributed by atoms with Crippen LogP contribution in [0.25, 0.3) is 17.1 Å². The second-order valence-electron chi connectivity index (χ2n) is 6.61. The minimum absolute atomic E-state index is 0.469. The molecular formula is C21H24N2. The van der Waals surface area contributed by atoms with E-state index in [-0.39, 0.29) is 0 Å². The van der Waals surface area contributed by atoms with E-state index in [1.807, 2.05) is 6.20 Å². The van der Waals surface area contributed by atoms with Gasteiger partial charge in [-0.15, -0.1) is 0 Å². The van der Waals surface area contributed by atoms with E-state index in [9.17, 15) is 0 Å². The minimum Gasteiger partial charge on any atom is -0.299 e. The van der Waals surface area contributed by atoms with Crippen molar-refractivity contribution in [3.8, 4) is 17.1 Å². The third kappa shape index (κ3) is 2.81. The summed E-state index contributed by atoms with van der Waals surface area (Å²) in [6.07, 6.45) is 3.96. The first-order valence-electron chi connectivity index (χ1n) is 8.20. The lowest BCUT2D eigenvalue weighted by atomic mass is 9.96. The van der Waals surface area contributed by atoms with E-state index in [1.54, 1.807) is 0 Å². The number of aromatic nitrogens is 2. The average molecular weight is 304 g/mol. The molecule has 3 rings (SSSR count). The van der Waals surface area contributed by atoms with Crippen molar-refractivity contribution >= 4 is 0 Å². The molecule has 0 saturated carbocycles.